The lowest BCUT2D eigenvalue weighted by Gasteiger charge is -2.24. The van der Waals surface area contributed by atoms with Crippen molar-refractivity contribution in [2.45, 2.75) is 18.9 Å². The number of nitrogens with one attached hydrogen (secondary N) is 1. The fourth-order valence-corrected chi connectivity index (χ4v) is 4.87. The number of rotatable bonds is 2. The lowest BCUT2D eigenvalue weighted by molar-refractivity contribution is 0.572. The summed E-state index contributed by atoms with van der Waals surface area (Å²) in [5.41, 5.74) is 0.202. The van der Waals surface area contributed by atoms with E-state index in [4.69, 9.17) is 0 Å². The van der Waals surface area contributed by atoms with Gasteiger partial charge in [0.15, 0.2) is 21.3 Å². The Hall–Kier alpha value is -1.15. The number of halogens is 1. The lowest BCUT2D eigenvalue weighted by Crippen LogP contribution is -2.36. The van der Waals surface area contributed by atoms with E-state index in [0.717, 1.165) is 0 Å². The van der Waals surface area contributed by atoms with Crippen molar-refractivity contribution in [2.24, 2.45) is 0 Å². The molecule has 2 aromatic rings. The van der Waals surface area contributed by atoms with E-state index in [-0.39, 0.29) is 11.5 Å². The molecular weight excluding hydrogens is 332 g/mol. The van der Waals surface area contributed by atoms with Gasteiger partial charge in [-0.3, -0.25) is 0 Å². The second-order valence-corrected chi connectivity index (χ2v) is 8.09. The highest BCUT2D eigenvalue weighted by atomic mass is 79.9. The summed E-state index contributed by atoms with van der Waals surface area (Å²) in [7, 11) is -2.95. The average Bonchev–Trinajstić information content (AvgIpc) is 2.83. The van der Waals surface area contributed by atoms with Crippen LogP contribution in [0.15, 0.2) is 23.2 Å². The van der Waals surface area contributed by atoms with E-state index in [2.05, 4.69) is 31.2 Å². The molecule has 1 atom stereocenters. The molecule has 3 heterocycles. The Bertz CT molecular complexity index is 742. The average molecular weight is 345 g/mol. The molecule has 1 N–H and O–H groups in total. The number of fused-ring (bicyclic) bond motifs is 1. The predicted octanol–water partition coefficient (Wildman–Crippen LogP) is 1.48. The van der Waals surface area contributed by atoms with E-state index in [1.54, 1.807) is 12.4 Å². The fraction of sp³-hybridized carbons (Fsp3) is 0.455. The van der Waals surface area contributed by atoms with Crippen molar-refractivity contribution in [3.05, 3.63) is 23.2 Å². The summed E-state index contributed by atoms with van der Waals surface area (Å²) in [5, 5.41) is 3.24. The SMILES string of the molecule is CC1(Nc2nc(Br)cn3ccnc23)CCS(=O)(=O)C1. The molecule has 0 bridgehead atoms. The molecule has 0 saturated carbocycles. The second-order valence-electron chi connectivity index (χ2n) is 5.10. The molecule has 0 spiro atoms. The molecule has 3 rings (SSSR count). The van der Waals surface area contributed by atoms with Gasteiger partial charge in [-0.15, -0.1) is 0 Å². The molecule has 102 valence electrons. The highest BCUT2D eigenvalue weighted by molar-refractivity contribution is 9.10. The van der Waals surface area contributed by atoms with Crippen LogP contribution in [0.1, 0.15) is 13.3 Å². The maximum atomic E-state index is 11.6. The van der Waals surface area contributed by atoms with E-state index in [1.165, 1.54) is 0 Å². The Kier molecular flexibility index (Phi) is 2.82. The zero-order chi connectivity index (χ0) is 13.7. The summed E-state index contributed by atoms with van der Waals surface area (Å²) in [5.74, 6) is 0.940. The summed E-state index contributed by atoms with van der Waals surface area (Å²) in [4.78, 5) is 8.59. The number of sulfone groups is 1. The summed E-state index contributed by atoms with van der Waals surface area (Å²) in [6.07, 6.45) is 5.89. The Morgan fingerprint density at radius 2 is 2.32 bits per heavy atom. The van der Waals surface area contributed by atoms with Gasteiger partial charge in [-0.2, -0.15) is 0 Å². The quantitative estimate of drug-likeness (QED) is 0.892. The van der Waals surface area contributed by atoms with Gasteiger partial charge in [0, 0.05) is 18.6 Å². The Balaban J connectivity index is 2.00. The van der Waals surface area contributed by atoms with Gasteiger partial charge in [-0.1, -0.05) is 0 Å². The van der Waals surface area contributed by atoms with Crippen LogP contribution in [0, 0.1) is 0 Å². The van der Waals surface area contributed by atoms with E-state index in [9.17, 15) is 8.42 Å². The molecule has 0 aliphatic carbocycles. The predicted molar refractivity (Wildman–Crippen MR) is 76.0 cm³/mol. The largest absolute Gasteiger partial charge is 0.361 e. The molecule has 1 aliphatic heterocycles. The van der Waals surface area contributed by atoms with Crippen molar-refractivity contribution in [2.75, 3.05) is 16.8 Å². The van der Waals surface area contributed by atoms with Gasteiger partial charge in [0.2, 0.25) is 0 Å². The molecule has 6 nitrogen and oxygen atoms in total. The number of anilines is 1. The molecule has 2 aromatic heterocycles. The van der Waals surface area contributed by atoms with Crippen molar-refractivity contribution in [1.29, 1.82) is 0 Å². The summed E-state index contributed by atoms with van der Waals surface area (Å²) in [6, 6.07) is 0. The van der Waals surface area contributed by atoms with Crippen LogP contribution in [0.25, 0.3) is 5.65 Å². The number of hydrogen-bond acceptors (Lipinski definition) is 5. The van der Waals surface area contributed by atoms with Gasteiger partial charge in [0.25, 0.3) is 0 Å². The third kappa shape index (κ3) is 2.46. The Labute approximate surface area is 119 Å². The zero-order valence-corrected chi connectivity index (χ0v) is 12.7. The Morgan fingerprint density at radius 1 is 1.53 bits per heavy atom. The van der Waals surface area contributed by atoms with Gasteiger partial charge in [0.05, 0.1) is 17.0 Å². The molecule has 0 radical (unpaired) electrons. The first-order valence-electron chi connectivity index (χ1n) is 5.85. The number of aromatic nitrogens is 3. The monoisotopic (exact) mass is 344 g/mol. The van der Waals surface area contributed by atoms with Crippen LogP contribution < -0.4 is 5.32 Å². The van der Waals surface area contributed by atoms with Crippen molar-refractivity contribution >= 4 is 37.2 Å². The van der Waals surface area contributed by atoms with Crippen LogP contribution in [-0.2, 0) is 9.84 Å². The normalized spacial score (nSPS) is 25.8. The van der Waals surface area contributed by atoms with Crippen molar-refractivity contribution < 1.29 is 8.42 Å². The molecular formula is C11H13BrN4O2S. The minimum atomic E-state index is -2.95. The minimum Gasteiger partial charge on any atom is -0.361 e. The molecule has 1 fully saturated rings. The molecule has 0 aromatic carbocycles. The molecule has 1 unspecified atom stereocenters. The maximum Gasteiger partial charge on any atom is 0.180 e. The van der Waals surface area contributed by atoms with Crippen LogP contribution in [0.4, 0.5) is 5.82 Å². The second kappa shape index (κ2) is 4.17. The van der Waals surface area contributed by atoms with Gasteiger partial charge >= 0.3 is 0 Å². The molecule has 8 heteroatoms. The van der Waals surface area contributed by atoms with Gasteiger partial charge in [-0.05, 0) is 29.3 Å². The third-order valence-corrected chi connectivity index (χ3v) is 5.55. The van der Waals surface area contributed by atoms with Crippen LogP contribution in [0.5, 0.6) is 0 Å². The van der Waals surface area contributed by atoms with Crippen molar-refractivity contribution in [3.63, 3.8) is 0 Å². The third-order valence-electron chi connectivity index (χ3n) is 3.27. The Morgan fingerprint density at radius 3 is 3.00 bits per heavy atom. The van der Waals surface area contributed by atoms with Crippen molar-refractivity contribution in [3.8, 4) is 0 Å². The smallest absolute Gasteiger partial charge is 0.180 e. The standard InChI is InChI=1S/C11H13BrN4O2S/c1-11(2-5-19(17,18)7-11)15-9-10-13-3-4-16(10)6-8(12)14-9/h3-4,6H,2,5,7H2,1H3,(H,14,15). The van der Waals surface area contributed by atoms with Crippen LogP contribution in [0.2, 0.25) is 0 Å². The first kappa shape index (κ1) is 12.9. The maximum absolute atomic E-state index is 11.6. The molecule has 1 saturated heterocycles. The van der Waals surface area contributed by atoms with Gasteiger partial charge < -0.3 is 9.72 Å². The summed E-state index contributed by atoms with van der Waals surface area (Å²) >= 11 is 3.34. The van der Waals surface area contributed by atoms with Crippen LogP contribution in [0.3, 0.4) is 0 Å². The van der Waals surface area contributed by atoms with Gasteiger partial charge in [0.1, 0.15) is 4.60 Å². The summed E-state index contributed by atoms with van der Waals surface area (Å²) < 4.78 is 25.8. The van der Waals surface area contributed by atoms with Gasteiger partial charge in [-0.25, -0.2) is 18.4 Å². The number of hydrogen-bond donors (Lipinski definition) is 1. The first-order valence-corrected chi connectivity index (χ1v) is 8.46. The summed E-state index contributed by atoms with van der Waals surface area (Å²) in [6.45, 7) is 1.90. The highest BCUT2D eigenvalue weighted by Crippen LogP contribution is 2.28. The molecule has 1 aliphatic rings. The molecule has 0 amide bonds. The first-order chi connectivity index (χ1) is 8.87. The zero-order valence-electron chi connectivity index (χ0n) is 10.3. The van der Waals surface area contributed by atoms with E-state index >= 15 is 0 Å². The van der Waals surface area contributed by atoms with Crippen LogP contribution >= 0.6 is 15.9 Å². The topological polar surface area (TPSA) is 76.4 Å². The van der Waals surface area contributed by atoms with Crippen LogP contribution in [-0.4, -0.2) is 39.8 Å². The molecule has 19 heavy (non-hydrogen) atoms. The van der Waals surface area contributed by atoms with E-state index < -0.39 is 15.4 Å². The lowest BCUT2D eigenvalue weighted by atomic mass is 10.0. The highest BCUT2D eigenvalue weighted by Gasteiger charge is 2.39. The van der Waals surface area contributed by atoms with E-state index in [1.807, 2.05) is 17.5 Å². The van der Waals surface area contributed by atoms with Crippen molar-refractivity contribution in [1.82, 2.24) is 14.4 Å². The number of nitrogens with zero attached hydrogens (tertiary/aromatic N) is 3. The minimum absolute atomic E-state index is 0.126. The van der Waals surface area contributed by atoms with E-state index in [0.29, 0.717) is 22.5 Å². The fourth-order valence-electron chi connectivity index (χ4n) is 2.38. The number of imidazole rings is 1.